The van der Waals surface area contributed by atoms with Gasteiger partial charge >= 0.3 is 0 Å². The van der Waals surface area contributed by atoms with Crippen molar-refractivity contribution in [2.75, 3.05) is 5.32 Å². The highest BCUT2D eigenvalue weighted by Gasteiger charge is 2.11. The third-order valence-electron chi connectivity index (χ3n) is 2.35. The Bertz CT molecular complexity index is 484. The van der Waals surface area contributed by atoms with Crippen LogP contribution in [0.4, 0.5) is 5.69 Å². The van der Waals surface area contributed by atoms with Crippen LogP contribution < -0.4 is 5.32 Å². The summed E-state index contributed by atoms with van der Waals surface area (Å²) in [5.41, 5.74) is 2.87. The topological polar surface area (TPSA) is 70.7 Å². The first kappa shape index (κ1) is 10.4. The molecule has 0 saturated heterocycles. The second-order valence-corrected chi connectivity index (χ2v) is 3.56. The molecule has 5 nitrogen and oxygen atoms in total. The molecule has 0 fully saturated rings. The summed E-state index contributed by atoms with van der Waals surface area (Å²) < 4.78 is 0. The molecular weight excluding hydrogens is 204 g/mol. The molecule has 1 heterocycles. The smallest absolute Gasteiger partial charge is 0.292 e. The van der Waals surface area contributed by atoms with Crippen LogP contribution in [-0.4, -0.2) is 21.1 Å². The fraction of sp³-hybridized carbons (Fsp3) is 0.182. The van der Waals surface area contributed by atoms with Gasteiger partial charge in [0.15, 0.2) is 0 Å². The molecule has 0 radical (unpaired) electrons. The van der Waals surface area contributed by atoms with Crippen molar-refractivity contribution in [1.29, 1.82) is 0 Å². The van der Waals surface area contributed by atoms with E-state index in [2.05, 4.69) is 20.5 Å². The minimum absolute atomic E-state index is 0.211. The van der Waals surface area contributed by atoms with Gasteiger partial charge in [-0.1, -0.05) is 18.2 Å². The van der Waals surface area contributed by atoms with Crippen LogP contribution in [0.5, 0.6) is 0 Å². The van der Waals surface area contributed by atoms with Crippen molar-refractivity contribution in [3.05, 3.63) is 41.5 Å². The van der Waals surface area contributed by atoms with E-state index >= 15 is 0 Å². The van der Waals surface area contributed by atoms with Crippen LogP contribution in [0.15, 0.2) is 24.5 Å². The van der Waals surface area contributed by atoms with Crippen molar-refractivity contribution in [2.24, 2.45) is 0 Å². The minimum Gasteiger partial charge on any atom is -0.319 e. The van der Waals surface area contributed by atoms with Crippen LogP contribution in [0.25, 0.3) is 0 Å². The predicted molar refractivity (Wildman–Crippen MR) is 60.3 cm³/mol. The zero-order valence-electron chi connectivity index (χ0n) is 9.11. The molecule has 0 bridgehead atoms. The molecule has 1 amide bonds. The Labute approximate surface area is 92.9 Å². The van der Waals surface area contributed by atoms with Gasteiger partial charge in [-0.25, -0.2) is 4.98 Å². The molecule has 0 unspecified atom stereocenters. The van der Waals surface area contributed by atoms with E-state index in [1.165, 1.54) is 6.33 Å². The number of benzene rings is 1. The number of hydrogen-bond donors (Lipinski definition) is 2. The van der Waals surface area contributed by atoms with Gasteiger partial charge in [-0.3, -0.25) is 9.89 Å². The number of H-pyrrole nitrogens is 1. The molecule has 0 spiro atoms. The number of nitrogens with zero attached hydrogens (tertiary/aromatic N) is 2. The van der Waals surface area contributed by atoms with Gasteiger partial charge in [-0.05, 0) is 25.0 Å². The summed E-state index contributed by atoms with van der Waals surface area (Å²) in [6.45, 7) is 3.89. The highest BCUT2D eigenvalue weighted by molar-refractivity contribution is 6.02. The number of carbonyl (C=O) groups excluding carboxylic acids is 1. The van der Waals surface area contributed by atoms with Gasteiger partial charge in [0.25, 0.3) is 5.91 Å². The first-order chi connectivity index (χ1) is 7.68. The average Bonchev–Trinajstić information content (AvgIpc) is 2.76. The molecule has 0 aliphatic heterocycles. The van der Waals surface area contributed by atoms with Crippen molar-refractivity contribution >= 4 is 11.6 Å². The number of anilines is 1. The monoisotopic (exact) mass is 216 g/mol. The van der Waals surface area contributed by atoms with Crippen molar-refractivity contribution in [3.8, 4) is 0 Å². The number of nitrogens with one attached hydrogen (secondary N) is 2. The number of rotatable bonds is 2. The van der Waals surface area contributed by atoms with Crippen molar-refractivity contribution < 1.29 is 4.79 Å². The molecule has 5 heteroatoms. The van der Waals surface area contributed by atoms with Crippen LogP contribution >= 0.6 is 0 Å². The Balaban J connectivity index is 2.25. The largest absolute Gasteiger partial charge is 0.319 e. The second-order valence-electron chi connectivity index (χ2n) is 3.56. The summed E-state index contributed by atoms with van der Waals surface area (Å²) in [6.07, 6.45) is 1.31. The molecule has 2 N–H and O–H groups in total. The maximum Gasteiger partial charge on any atom is 0.292 e. The average molecular weight is 216 g/mol. The summed E-state index contributed by atoms with van der Waals surface area (Å²) >= 11 is 0. The van der Waals surface area contributed by atoms with Crippen LogP contribution in [0, 0.1) is 13.8 Å². The molecule has 2 rings (SSSR count). The lowest BCUT2D eigenvalue weighted by atomic mass is 10.1. The van der Waals surface area contributed by atoms with Crippen LogP contribution in [0.1, 0.15) is 21.7 Å². The maximum absolute atomic E-state index is 11.7. The summed E-state index contributed by atoms with van der Waals surface area (Å²) in [4.78, 5) is 15.5. The molecule has 0 atom stereocenters. The molecule has 0 saturated carbocycles. The van der Waals surface area contributed by atoms with Gasteiger partial charge in [-0.15, -0.1) is 0 Å². The fourth-order valence-corrected chi connectivity index (χ4v) is 1.50. The van der Waals surface area contributed by atoms with Crippen LogP contribution in [-0.2, 0) is 0 Å². The second kappa shape index (κ2) is 4.14. The number of hydrogen-bond acceptors (Lipinski definition) is 3. The van der Waals surface area contributed by atoms with Crippen LogP contribution in [0.2, 0.25) is 0 Å². The number of aryl methyl sites for hydroxylation is 2. The standard InChI is InChI=1S/C11H12N4O/c1-7-4-3-5-8(2)9(7)14-11(16)10-12-6-13-15-10/h3-6H,1-2H3,(H,14,16)(H,12,13,15). The lowest BCUT2D eigenvalue weighted by molar-refractivity contribution is 0.101. The lowest BCUT2D eigenvalue weighted by Crippen LogP contribution is -2.15. The van der Waals surface area contributed by atoms with E-state index in [0.29, 0.717) is 0 Å². The minimum atomic E-state index is -0.282. The summed E-state index contributed by atoms with van der Waals surface area (Å²) in [7, 11) is 0. The first-order valence-corrected chi connectivity index (χ1v) is 4.91. The van der Waals surface area contributed by atoms with Crippen molar-refractivity contribution in [2.45, 2.75) is 13.8 Å². The van der Waals surface area contributed by atoms with Gasteiger partial charge in [0.2, 0.25) is 5.82 Å². The number of aromatic amines is 1. The SMILES string of the molecule is Cc1cccc(C)c1NC(=O)c1ncn[nH]1. The Morgan fingerprint density at radius 1 is 1.31 bits per heavy atom. The molecular formula is C11H12N4O. The molecule has 0 aliphatic rings. The maximum atomic E-state index is 11.7. The molecule has 16 heavy (non-hydrogen) atoms. The van der Waals surface area contributed by atoms with E-state index in [0.717, 1.165) is 16.8 Å². The normalized spacial score (nSPS) is 10.1. The lowest BCUT2D eigenvalue weighted by Gasteiger charge is -2.09. The molecule has 0 aliphatic carbocycles. The Hall–Kier alpha value is -2.17. The Kier molecular flexibility index (Phi) is 2.68. The molecule has 1 aromatic heterocycles. The van der Waals surface area contributed by atoms with Gasteiger partial charge < -0.3 is 5.32 Å². The highest BCUT2D eigenvalue weighted by atomic mass is 16.2. The third-order valence-corrected chi connectivity index (χ3v) is 2.35. The number of aromatic nitrogens is 3. The number of para-hydroxylation sites is 1. The van der Waals surface area contributed by atoms with E-state index in [-0.39, 0.29) is 11.7 Å². The Morgan fingerprint density at radius 3 is 2.56 bits per heavy atom. The predicted octanol–water partition coefficient (Wildman–Crippen LogP) is 1.67. The van der Waals surface area contributed by atoms with E-state index in [4.69, 9.17) is 0 Å². The van der Waals surface area contributed by atoms with Gasteiger partial charge in [0.05, 0.1) is 0 Å². The van der Waals surface area contributed by atoms with E-state index in [1.807, 2.05) is 32.0 Å². The molecule has 82 valence electrons. The Morgan fingerprint density at radius 2 is 2.00 bits per heavy atom. The van der Waals surface area contributed by atoms with Gasteiger partial charge in [-0.2, -0.15) is 5.10 Å². The van der Waals surface area contributed by atoms with E-state index < -0.39 is 0 Å². The number of amides is 1. The van der Waals surface area contributed by atoms with Gasteiger partial charge in [0.1, 0.15) is 6.33 Å². The van der Waals surface area contributed by atoms with Crippen molar-refractivity contribution in [1.82, 2.24) is 15.2 Å². The molecule has 1 aromatic carbocycles. The van der Waals surface area contributed by atoms with E-state index in [1.54, 1.807) is 0 Å². The van der Waals surface area contributed by atoms with Crippen molar-refractivity contribution in [3.63, 3.8) is 0 Å². The quantitative estimate of drug-likeness (QED) is 0.802. The summed E-state index contributed by atoms with van der Waals surface area (Å²) in [5.74, 6) is -0.0717. The first-order valence-electron chi connectivity index (χ1n) is 4.91. The third kappa shape index (κ3) is 1.93. The number of carbonyl (C=O) groups is 1. The zero-order valence-corrected chi connectivity index (χ0v) is 9.11. The highest BCUT2D eigenvalue weighted by Crippen LogP contribution is 2.19. The van der Waals surface area contributed by atoms with Crippen LogP contribution in [0.3, 0.4) is 0 Å². The van der Waals surface area contributed by atoms with Gasteiger partial charge in [0, 0.05) is 5.69 Å². The zero-order chi connectivity index (χ0) is 11.5. The molecule has 2 aromatic rings. The summed E-state index contributed by atoms with van der Waals surface area (Å²) in [6, 6.07) is 5.85. The van der Waals surface area contributed by atoms with E-state index in [9.17, 15) is 4.79 Å². The summed E-state index contributed by atoms with van der Waals surface area (Å²) in [5, 5.41) is 8.96. The fourth-order valence-electron chi connectivity index (χ4n) is 1.50.